The molecule has 0 unspecified atom stereocenters. The molecular weight excluding hydrogens is 270 g/mol. The number of ether oxygens (including phenoxy) is 1. The molecule has 1 amide bonds. The van der Waals surface area contributed by atoms with Crippen LogP contribution in [0.15, 0.2) is 22.6 Å². The molecule has 0 saturated heterocycles. The molecule has 0 fully saturated rings. The molecule has 1 heterocycles. The first-order valence-electron chi connectivity index (χ1n) is 6.45. The van der Waals surface area contributed by atoms with Crippen LogP contribution in [0.2, 0.25) is 0 Å². The molecule has 3 N–H and O–H groups in total. The molecule has 21 heavy (non-hydrogen) atoms. The van der Waals surface area contributed by atoms with Crippen LogP contribution >= 0.6 is 0 Å². The van der Waals surface area contributed by atoms with Gasteiger partial charge in [-0.15, -0.1) is 0 Å². The average molecular weight is 287 g/mol. The van der Waals surface area contributed by atoms with Crippen molar-refractivity contribution in [2.75, 3.05) is 12.3 Å². The maximum atomic E-state index is 11.4. The predicted molar refractivity (Wildman–Crippen MR) is 79.5 cm³/mol. The van der Waals surface area contributed by atoms with Crippen LogP contribution in [0.5, 0.6) is 0 Å². The first-order valence-corrected chi connectivity index (χ1v) is 6.45. The highest BCUT2D eigenvalue weighted by Gasteiger charge is 2.14. The van der Waals surface area contributed by atoms with Crippen molar-refractivity contribution in [3.05, 3.63) is 23.8 Å². The van der Waals surface area contributed by atoms with Crippen LogP contribution in [0.4, 0.5) is 10.8 Å². The van der Waals surface area contributed by atoms with E-state index in [1.807, 2.05) is 0 Å². The Balaban J connectivity index is 1.93. The zero-order valence-corrected chi connectivity index (χ0v) is 12.2. The van der Waals surface area contributed by atoms with Gasteiger partial charge in [0.05, 0.1) is 6.54 Å². The van der Waals surface area contributed by atoms with Crippen molar-refractivity contribution in [2.45, 2.75) is 26.4 Å². The van der Waals surface area contributed by atoms with Gasteiger partial charge < -0.3 is 20.2 Å². The highest BCUT2D eigenvalue weighted by molar-refractivity contribution is 5.76. The lowest BCUT2D eigenvalue weighted by Crippen LogP contribution is -2.32. The van der Waals surface area contributed by atoms with Gasteiger partial charge in [-0.1, -0.05) is 11.8 Å². The third kappa shape index (κ3) is 4.42. The number of carbonyl (C=O) groups is 1. The number of nitrogens with one attached hydrogen (secondary N) is 1. The van der Waals surface area contributed by atoms with Gasteiger partial charge in [-0.2, -0.15) is 4.98 Å². The molecule has 0 atom stereocenters. The number of nitrogens with zero attached hydrogens (tertiary/aromatic N) is 1. The smallest absolute Gasteiger partial charge is 0.408 e. The second kappa shape index (κ2) is 5.75. The van der Waals surface area contributed by atoms with Crippen molar-refractivity contribution >= 4 is 23.2 Å². The summed E-state index contributed by atoms with van der Waals surface area (Å²) in [5, 5.41) is 2.56. The fourth-order valence-corrected chi connectivity index (χ4v) is 1.60. The van der Waals surface area contributed by atoms with Crippen molar-refractivity contribution in [2.24, 2.45) is 0 Å². The van der Waals surface area contributed by atoms with Crippen molar-refractivity contribution in [1.29, 1.82) is 0 Å². The topological polar surface area (TPSA) is 90.4 Å². The maximum Gasteiger partial charge on any atom is 0.408 e. The number of rotatable bonds is 1. The Bertz CT molecular complexity index is 717. The number of alkyl carbamates (subject to hydrolysis) is 1. The summed E-state index contributed by atoms with van der Waals surface area (Å²) in [4.78, 5) is 15.4. The monoisotopic (exact) mass is 287 g/mol. The first kappa shape index (κ1) is 14.7. The van der Waals surface area contributed by atoms with Crippen molar-refractivity contribution in [1.82, 2.24) is 10.3 Å². The number of amides is 1. The summed E-state index contributed by atoms with van der Waals surface area (Å²) < 4.78 is 10.3. The summed E-state index contributed by atoms with van der Waals surface area (Å²) in [7, 11) is 0. The predicted octanol–water partition coefficient (Wildman–Crippen LogP) is 2.29. The zero-order chi connectivity index (χ0) is 15.5. The summed E-state index contributed by atoms with van der Waals surface area (Å²) in [5.41, 5.74) is 6.99. The van der Waals surface area contributed by atoms with E-state index in [0.29, 0.717) is 11.1 Å². The van der Waals surface area contributed by atoms with Gasteiger partial charge in [-0.25, -0.2) is 4.79 Å². The largest absolute Gasteiger partial charge is 0.444 e. The van der Waals surface area contributed by atoms with Crippen LogP contribution in [-0.2, 0) is 4.74 Å². The number of nitrogen functional groups attached to an aromatic ring is 1. The number of aromatic nitrogens is 1. The van der Waals surface area contributed by atoms with E-state index in [4.69, 9.17) is 14.9 Å². The van der Waals surface area contributed by atoms with E-state index in [0.717, 1.165) is 5.56 Å². The van der Waals surface area contributed by atoms with Gasteiger partial charge in [-0.3, -0.25) is 0 Å². The van der Waals surface area contributed by atoms with Crippen LogP contribution in [0.25, 0.3) is 11.1 Å². The molecule has 0 radical (unpaired) electrons. The Hall–Kier alpha value is -2.68. The number of nitrogens with two attached hydrogens (primary N) is 1. The van der Waals surface area contributed by atoms with E-state index in [1.165, 1.54) is 0 Å². The number of oxazole rings is 1. The van der Waals surface area contributed by atoms with Crippen LogP contribution in [-0.4, -0.2) is 23.2 Å². The minimum Gasteiger partial charge on any atom is -0.444 e. The molecule has 1 aromatic carbocycles. The standard InChI is InChI=1S/C15H17N3O3/c1-15(2,3)21-14(19)17-8-4-5-10-6-7-12-11(9-10)18-13(16)20-12/h6-7,9H,8H2,1-3H3,(H2,16,18)(H,17,19). The van der Waals surface area contributed by atoms with E-state index in [-0.39, 0.29) is 12.6 Å². The van der Waals surface area contributed by atoms with Gasteiger partial charge in [-0.05, 0) is 39.0 Å². The Morgan fingerprint density at radius 3 is 2.95 bits per heavy atom. The van der Waals surface area contributed by atoms with Gasteiger partial charge >= 0.3 is 6.09 Å². The van der Waals surface area contributed by atoms with E-state index < -0.39 is 11.7 Å². The lowest BCUT2D eigenvalue weighted by atomic mass is 10.2. The Labute approximate surface area is 122 Å². The molecule has 2 rings (SSSR count). The molecule has 2 aromatic rings. The lowest BCUT2D eigenvalue weighted by molar-refractivity contribution is 0.0535. The maximum absolute atomic E-state index is 11.4. The molecule has 0 aliphatic heterocycles. The summed E-state index contributed by atoms with van der Waals surface area (Å²) in [6.45, 7) is 5.61. The second-order valence-corrected chi connectivity index (χ2v) is 5.39. The highest BCUT2D eigenvalue weighted by Crippen LogP contribution is 2.17. The fraction of sp³-hybridized carbons (Fsp3) is 0.333. The molecule has 0 bridgehead atoms. The summed E-state index contributed by atoms with van der Waals surface area (Å²) in [6, 6.07) is 5.45. The van der Waals surface area contributed by atoms with Crippen LogP contribution in [0.1, 0.15) is 26.3 Å². The normalized spacial score (nSPS) is 10.8. The van der Waals surface area contributed by atoms with Crippen LogP contribution in [0, 0.1) is 11.8 Å². The summed E-state index contributed by atoms with van der Waals surface area (Å²) in [5.74, 6) is 5.76. The SMILES string of the molecule is CC(C)(C)OC(=O)NCC#Cc1ccc2oc(N)nc2c1. The Morgan fingerprint density at radius 1 is 1.48 bits per heavy atom. The van der Waals surface area contributed by atoms with Gasteiger partial charge in [0, 0.05) is 5.56 Å². The molecule has 0 aliphatic carbocycles. The number of fused-ring (bicyclic) bond motifs is 1. The summed E-state index contributed by atoms with van der Waals surface area (Å²) in [6.07, 6.45) is -0.489. The quantitative estimate of drug-likeness (QED) is 0.785. The van der Waals surface area contributed by atoms with E-state index in [1.54, 1.807) is 39.0 Å². The molecule has 0 spiro atoms. The third-order valence-electron chi connectivity index (χ3n) is 2.36. The third-order valence-corrected chi connectivity index (χ3v) is 2.36. The van der Waals surface area contributed by atoms with Gasteiger partial charge in [0.1, 0.15) is 11.1 Å². The van der Waals surface area contributed by atoms with Gasteiger partial charge in [0.25, 0.3) is 6.01 Å². The van der Waals surface area contributed by atoms with E-state index in [2.05, 4.69) is 22.1 Å². The zero-order valence-electron chi connectivity index (χ0n) is 12.2. The molecule has 6 heteroatoms. The molecule has 110 valence electrons. The number of anilines is 1. The average Bonchev–Trinajstić information content (AvgIpc) is 2.71. The molecular formula is C15H17N3O3. The number of benzene rings is 1. The molecule has 1 aromatic heterocycles. The molecule has 0 aliphatic rings. The number of hydrogen-bond acceptors (Lipinski definition) is 5. The van der Waals surface area contributed by atoms with E-state index >= 15 is 0 Å². The van der Waals surface area contributed by atoms with Crippen LogP contribution in [0.3, 0.4) is 0 Å². The molecule has 6 nitrogen and oxygen atoms in total. The second-order valence-electron chi connectivity index (χ2n) is 5.39. The molecule has 0 saturated carbocycles. The number of carbonyl (C=O) groups excluding carboxylic acids is 1. The van der Waals surface area contributed by atoms with Crippen molar-refractivity contribution in [3.8, 4) is 11.8 Å². The fourth-order valence-electron chi connectivity index (χ4n) is 1.60. The van der Waals surface area contributed by atoms with Gasteiger partial charge in [0.2, 0.25) is 0 Å². The lowest BCUT2D eigenvalue weighted by Gasteiger charge is -2.18. The van der Waals surface area contributed by atoms with Crippen LogP contribution < -0.4 is 11.1 Å². The van der Waals surface area contributed by atoms with E-state index in [9.17, 15) is 4.79 Å². The number of hydrogen-bond donors (Lipinski definition) is 2. The first-order chi connectivity index (χ1) is 9.83. The van der Waals surface area contributed by atoms with Crippen molar-refractivity contribution < 1.29 is 13.9 Å². The minimum absolute atomic E-state index is 0.127. The minimum atomic E-state index is -0.518. The summed E-state index contributed by atoms with van der Waals surface area (Å²) >= 11 is 0. The highest BCUT2D eigenvalue weighted by atomic mass is 16.6. The van der Waals surface area contributed by atoms with Gasteiger partial charge in [0.15, 0.2) is 5.58 Å². The Kier molecular flexibility index (Phi) is 4.03. The Morgan fingerprint density at radius 2 is 2.24 bits per heavy atom. The van der Waals surface area contributed by atoms with Crippen molar-refractivity contribution in [3.63, 3.8) is 0 Å².